The molecule has 0 spiro atoms. The van der Waals surface area contributed by atoms with Gasteiger partial charge in [0.05, 0.1) is 33.0 Å². The van der Waals surface area contributed by atoms with Crippen molar-refractivity contribution in [3.05, 3.63) is 69.6 Å². The number of carbonyl (C=O) groups excluding carboxylic acids is 2. The number of nitrogens with one attached hydrogen (secondary N) is 1. The number of halogens is 1. The van der Waals surface area contributed by atoms with Crippen LogP contribution in [0, 0.1) is 0 Å². The molecule has 0 aliphatic heterocycles. The summed E-state index contributed by atoms with van der Waals surface area (Å²) in [5.41, 5.74) is 2.97. The number of aromatic nitrogens is 3. The Morgan fingerprint density at radius 3 is 2.86 bits per heavy atom. The van der Waals surface area contributed by atoms with Gasteiger partial charge in [-0.1, -0.05) is 30.7 Å². The summed E-state index contributed by atoms with van der Waals surface area (Å²) in [5, 5.41) is 9.47. The van der Waals surface area contributed by atoms with Gasteiger partial charge in [-0.25, -0.2) is 9.50 Å². The molecule has 28 heavy (non-hydrogen) atoms. The molecule has 4 aromatic rings. The Hall–Kier alpha value is -3.03. The quantitative estimate of drug-likeness (QED) is 0.484. The summed E-state index contributed by atoms with van der Waals surface area (Å²) in [7, 11) is 0. The van der Waals surface area contributed by atoms with Crippen LogP contribution in [-0.2, 0) is 4.79 Å². The van der Waals surface area contributed by atoms with Gasteiger partial charge in [0.2, 0.25) is 11.7 Å². The average Bonchev–Trinajstić information content (AvgIpc) is 3.39. The second-order valence-corrected chi connectivity index (χ2v) is 7.38. The summed E-state index contributed by atoms with van der Waals surface area (Å²) < 4.78 is 1.62. The molecule has 0 bridgehead atoms. The first-order valence-electron chi connectivity index (χ1n) is 8.59. The number of hydrogen-bond donors (Lipinski definition) is 1. The van der Waals surface area contributed by atoms with Crippen LogP contribution < -0.4 is 5.32 Å². The van der Waals surface area contributed by atoms with Crippen molar-refractivity contribution in [3.8, 4) is 11.3 Å². The maximum Gasteiger partial charge on any atom is 0.224 e. The number of hydrogen-bond acceptors (Lipinski definition) is 5. The van der Waals surface area contributed by atoms with Crippen molar-refractivity contribution in [2.75, 3.05) is 5.32 Å². The third-order valence-corrected chi connectivity index (χ3v) is 5.45. The molecule has 1 aromatic carbocycles. The molecule has 3 heterocycles. The predicted octanol–water partition coefficient (Wildman–Crippen LogP) is 4.69. The van der Waals surface area contributed by atoms with E-state index in [4.69, 9.17) is 11.6 Å². The topological polar surface area (TPSA) is 76.4 Å². The molecule has 0 atom stereocenters. The van der Waals surface area contributed by atoms with Gasteiger partial charge in [-0.3, -0.25) is 9.59 Å². The fraction of sp³-hybridized carbons (Fsp3) is 0.100. The van der Waals surface area contributed by atoms with Crippen LogP contribution in [0.15, 0.2) is 54.2 Å². The molecule has 0 radical (unpaired) electrons. The first-order valence-corrected chi connectivity index (χ1v) is 9.85. The lowest BCUT2D eigenvalue weighted by molar-refractivity contribution is -0.115. The zero-order chi connectivity index (χ0) is 19.7. The van der Waals surface area contributed by atoms with E-state index >= 15 is 0 Å². The average molecular weight is 411 g/mol. The molecule has 0 saturated carbocycles. The summed E-state index contributed by atoms with van der Waals surface area (Å²) in [6.07, 6.45) is 3.52. The number of amides is 1. The van der Waals surface area contributed by atoms with Gasteiger partial charge < -0.3 is 5.32 Å². The Morgan fingerprint density at radius 1 is 1.25 bits per heavy atom. The lowest BCUT2D eigenvalue weighted by atomic mass is 10.1. The molecule has 0 aliphatic rings. The molecule has 4 rings (SSSR count). The Morgan fingerprint density at radius 2 is 2.11 bits per heavy atom. The van der Waals surface area contributed by atoms with E-state index in [-0.39, 0.29) is 11.7 Å². The van der Waals surface area contributed by atoms with Gasteiger partial charge >= 0.3 is 0 Å². The fourth-order valence-corrected chi connectivity index (χ4v) is 3.67. The van der Waals surface area contributed by atoms with E-state index in [2.05, 4.69) is 15.4 Å². The highest BCUT2D eigenvalue weighted by atomic mass is 35.5. The molecule has 140 valence electrons. The third-order valence-electron chi connectivity index (χ3n) is 4.25. The van der Waals surface area contributed by atoms with E-state index in [1.165, 1.54) is 17.5 Å². The molecule has 0 aliphatic carbocycles. The van der Waals surface area contributed by atoms with Crippen molar-refractivity contribution in [1.82, 2.24) is 14.6 Å². The van der Waals surface area contributed by atoms with E-state index < -0.39 is 0 Å². The zero-order valence-electron chi connectivity index (χ0n) is 14.8. The smallest absolute Gasteiger partial charge is 0.224 e. The maximum atomic E-state index is 12.7. The van der Waals surface area contributed by atoms with E-state index in [0.29, 0.717) is 33.2 Å². The number of anilines is 1. The molecule has 3 aromatic heterocycles. The molecule has 1 amide bonds. The van der Waals surface area contributed by atoms with Gasteiger partial charge in [-0.05, 0) is 29.6 Å². The highest BCUT2D eigenvalue weighted by molar-refractivity contribution is 7.12. The lowest BCUT2D eigenvalue weighted by Crippen LogP contribution is -2.10. The number of rotatable bonds is 5. The first kappa shape index (κ1) is 18.3. The highest BCUT2D eigenvalue weighted by Crippen LogP contribution is 2.30. The monoisotopic (exact) mass is 410 g/mol. The van der Waals surface area contributed by atoms with E-state index in [1.807, 2.05) is 17.5 Å². The van der Waals surface area contributed by atoms with Crippen LogP contribution in [0.1, 0.15) is 28.6 Å². The molecule has 1 N–H and O–H groups in total. The maximum absolute atomic E-state index is 12.7. The van der Waals surface area contributed by atoms with Crippen LogP contribution in [0.5, 0.6) is 0 Å². The van der Waals surface area contributed by atoms with Crippen molar-refractivity contribution in [2.24, 2.45) is 0 Å². The number of benzene rings is 1. The summed E-state index contributed by atoms with van der Waals surface area (Å²) in [6.45, 7) is 1.77. The molecule has 0 fully saturated rings. The second kappa shape index (κ2) is 7.53. The molecule has 0 unspecified atom stereocenters. The van der Waals surface area contributed by atoms with Crippen LogP contribution in [0.25, 0.3) is 16.9 Å². The fourth-order valence-electron chi connectivity index (χ4n) is 2.83. The van der Waals surface area contributed by atoms with Crippen molar-refractivity contribution >= 4 is 46.0 Å². The van der Waals surface area contributed by atoms with E-state index in [0.717, 1.165) is 11.3 Å². The van der Waals surface area contributed by atoms with Crippen LogP contribution in [0.4, 0.5) is 5.69 Å². The first-order chi connectivity index (χ1) is 13.6. The summed E-state index contributed by atoms with van der Waals surface area (Å²) >= 11 is 7.59. The number of nitrogens with zero attached hydrogens (tertiary/aromatic N) is 3. The van der Waals surface area contributed by atoms with Gasteiger partial charge in [0, 0.05) is 18.2 Å². The van der Waals surface area contributed by atoms with Crippen LogP contribution in [-0.4, -0.2) is 26.3 Å². The van der Waals surface area contributed by atoms with Crippen molar-refractivity contribution in [2.45, 2.75) is 13.3 Å². The SMILES string of the molecule is CCC(=O)Nc1cc(-c2ccnc3c(C(=O)c4cccs4)cnn23)ccc1Cl. The van der Waals surface area contributed by atoms with E-state index in [9.17, 15) is 9.59 Å². The largest absolute Gasteiger partial charge is 0.325 e. The molecule has 8 heteroatoms. The normalized spacial score (nSPS) is 10.9. The minimum Gasteiger partial charge on any atom is -0.325 e. The highest BCUT2D eigenvalue weighted by Gasteiger charge is 2.18. The number of thiophene rings is 1. The minimum atomic E-state index is -0.123. The molecule has 6 nitrogen and oxygen atoms in total. The Bertz CT molecular complexity index is 1180. The Kier molecular flexibility index (Phi) is 4.93. The predicted molar refractivity (Wildman–Crippen MR) is 110 cm³/mol. The Balaban J connectivity index is 1.79. The van der Waals surface area contributed by atoms with Crippen LogP contribution >= 0.6 is 22.9 Å². The van der Waals surface area contributed by atoms with Gasteiger partial charge in [-0.2, -0.15) is 5.10 Å². The second-order valence-electron chi connectivity index (χ2n) is 6.03. The lowest BCUT2D eigenvalue weighted by Gasteiger charge is -2.10. The van der Waals surface area contributed by atoms with E-state index in [1.54, 1.807) is 41.9 Å². The summed E-state index contributed by atoms with van der Waals surface area (Å²) in [5.74, 6) is -0.233. The summed E-state index contributed by atoms with van der Waals surface area (Å²) in [4.78, 5) is 29.5. The van der Waals surface area contributed by atoms with Gasteiger partial charge in [0.15, 0.2) is 5.65 Å². The molecule has 0 saturated heterocycles. The number of fused-ring (bicyclic) bond motifs is 1. The molecular formula is C20H15ClN4O2S. The van der Waals surface area contributed by atoms with Crippen molar-refractivity contribution in [1.29, 1.82) is 0 Å². The van der Waals surface area contributed by atoms with Crippen molar-refractivity contribution < 1.29 is 9.59 Å². The Labute approximate surface area is 169 Å². The number of ketones is 1. The minimum absolute atomic E-state index is 0.110. The third kappa shape index (κ3) is 3.30. The van der Waals surface area contributed by atoms with Crippen LogP contribution in [0.2, 0.25) is 5.02 Å². The van der Waals surface area contributed by atoms with Gasteiger partial charge in [0.1, 0.15) is 0 Å². The van der Waals surface area contributed by atoms with Crippen molar-refractivity contribution in [3.63, 3.8) is 0 Å². The van der Waals surface area contributed by atoms with Gasteiger partial charge in [-0.15, -0.1) is 11.3 Å². The van der Waals surface area contributed by atoms with Gasteiger partial charge in [0.25, 0.3) is 0 Å². The number of carbonyl (C=O) groups is 2. The summed E-state index contributed by atoms with van der Waals surface area (Å²) in [6, 6.07) is 10.8. The zero-order valence-corrected chi connectivity index (χ0v) is 16.4. The van der Waals surface area contributed by atoms with Crippen LogP contribution in [0.3, 0.4) is 0 Å². The standard InChI is InChI=1S/C20H15ClN4O2S/c1-2-18(26)24-15-10-12(5-6-14(15)21)16-7-8-22-20-13(11-23-25(16)20)19(27)17-4-3-9-28-17/h3-11H,2H2,1H3,(H,24,26). The molecular weight excluding hydrogens is 396 g/mol.